The maximum Gasteiger partial charge on any atom is 0.263 e. The Labute approximate surface area is 177 Å². The van der Waals surface area contributed by atoms with Crippen molar-refractivity contribution < 1.29 is 17.6 Å². The third-order valence-electron chi connectivity index (χ3n) is 3.95. The summed E-state index contributed by atoms with van der Waals surface area (Å²) in [6, 6.07) is 14.5. The Morgan fingerprint density at radius 2 is 1.69 bits per heavy atom. The van der Waals surface area contributed by atoms with Crippen LogP contribution in [-0.4, -0.2) is 14.3 Å². The first-order valence-corrected chi connectivity index (χ1v) is 10.6. The molecule has 0 heterocycles. The van der Waals surface area contributed by atoms with Crippen molar-refractivity contribution in [1.82, 2.24) is 0 Å². The fourth-order valence-corrected chi connectivity index (χ4v) is 4.49. The SMILES string of the molecule is Cc1cccc(NS(=O)(=O)c2cc(C(=O)Nc3ccccc3F)c(Cl)cc2Cl)c1. The van der Waals surface area contributed by atoms with E-state index in [1.807, 2.05) is 13.0 Å². The number of carbonyl (C=O) groups is 1. The molecule has 0 aromatic heterocycles. The van der Waals surface area contributed by atoms with E-state index in [-0.39, 0.29) is 26.2 Å². The molecule has 3 aromatic carbocycles. The van der Waals surface area contributed by atoms with Gasteiger partial charge in [0.05, 0.1) is 21.3 Å². The van der Waals surface area contributed by atoms with Crippen LogP contribution >= 0.6 is 23.2 Å². The molecule has 0 saturated heterocycles. The lowest BCUT2D eigenvalue weighted by Gasteiger charge is -2.13. The molecule has 0 aliphatic carbocycles. The predicted molar refractivity (Wildman–Crippen MR) is 113 cm³/mol. The Morgan fingerprint density at radius 1 is 0.966 bits per heavy atom. The standard InChI is InChI=1S/C20H15Cl2FN2O3S/c1-12-5-4-6-13(9-12)25-29(27,28)19-10-14(15(21)11-16(19)22)20(26)24-18-8-3-2-7-17(18)23/h2-11,25H,1H3,(H,24,26). The van der Waals surface area contributed by atoms with E-state index in [0.717, 1.165) is 17.7 Å². The van der Waals surface area contributed by atoms with Crippen LogP contribution in [0.25, 0.3) is 0 Å². The zero-order chi connectivity index (χ0) is 21.2. The largest absolute Gasteiger partial charge is 0.319 e. The summed E-state index contributed by atoms with van der Waals surface area (Å²) >= 11 is 12.2. The maximum absolute atomic E-state index is 13.8. The van der Waals surface area contributed by atoms with Gasteiger partial charge in [-0.1, -0.05) is 47.5 Å². The minimum atomic E-state index is -4.11. The lowest BCUT2D eigenvalue weighted by molar-refractivity contribution is 0.102. The van der Waals surface area contributed by atoms with Gasteiger partial charge in [-0.15, -0.1) is 0 Å². The highest BCUT2D eigenvalue weighted by Gasteiger charge is 2.23. The molecule has 0 aliphatic rings. The van der Waals surface area contributed by atoms with Gasteiger partial charge in [0.25, 0.3) is 15.9 Å². The summed E-state index contributed by atoms with van der Waals surface area (Å²) in [6.45, 7) is 1.82. The van der Waals surface area contributed by atoms with Crippen LogP contribution in [0.3, 0.4) is 0 Å². The normalized spacial score (nSPS) is 11.2. The topological polar surface area (TPSA) is 75.3 Å². The number of anilines is 2. The Kier molecular flexibility index (Phi) is 6.12. The summed E-state index contributed by atoms with van der Waals surface area (Å²) in [5.74, 6) is -1.41. The molecule has 0 radical (unpaired) electrons. The summed E-state index contributed by atoms with van der Waals surface area (Å²) < 4.78 is 41.8. The summed E-state index contributed by atoms with van der Waals surface area (Å²) in [4.78, 5) is 12.2. The first kappa shape index (κ1) is 21.1. The minimum absolute atomic E-state index is 0.0641. The predicted octanol–water partition coefficient (Wildman–Crippen LogP) is 5.49. The highest BCUT2D eigenvalue weighted by molar-refractivity contribution is 7.92. The number of benzene rings is 3. The second-order valence-electron chi connectivity index (χ2n) is 6.17. The van der Waals surface area contributed by atoms with Gasteiger partial charge in [-0.05, 0) is 48.9 Å². The van der Waals surface area contributed by atoms with Gasteiger partial charge < -0.3 is 5.32 Å². The monoisotopic (exact) mass is 452 g/mol. The highest BCUT2D eigenvalue weighted by Crippen LogP contribution is 2.31. The van der Waals surface area contributed by atoms with Crippen molar-refractivity contribution in [2.45, 2.75) is 11.8 Å². The van der Waals surface area contributed by atoms with Crippen LogP contribution in [-0.2, 0) is 10.0 Å². The summed E-state index contributed by atoms with van der Waals surface area (Å²) in [7, 11) is -4.11. The van der Waals surface area contributed by atoms with Crippen LogP contribution in [0.5, 0.6) is 0 Å². The molecule has 0 bridgehead atoms. The number of rotatable bonds is 5. The summed E-state index contributed by atoms with van der Waals surface area (Å²) in [6.07, 6.45) is 0. The van der Waals surface area contributed by atoms with E-state index in [1.165, 1.54) is 18.2 Å². The lowest BCUT2D eigenvalue weighted by atomic mass is 10.2. The van der Waals surface area contributed by atoms with Gasteiger partial charge in [-0.3, -0.25) is 9.52 Å². The number of sulfonamides is 1. The number of hydrogen-bond donors (Lipinski definition) is 2. The van der Waals surface area contributed by atoms with Crippen LogP contribution < -0.4 is 10.0 Å². The number of carbonyl (C=O) groups excluding carboxylic acids is 1. The molecule has 2 N–H and O–H groups in total. The fraction of sp³-hybridized carbons (Fsp3) is 0.0500. The van der Waals surface area contributed by atoms with Gasteiger partial charge in [0, 0.05) is 5.69 Å². The van der Waals surface area contributed by atoms with Gasteiger partial charge in [0.2, 0.25) is 0 Å². The second kappa shape index (κ2) is 8.41. The molecule has 0 unspecified atom stereocenters. The van der Waals surface area contributed by atoms with Gasteiger partial charge in [0.15, 0.2) is 0 Å². The smallest absolute Gasteiger partial charge is 0.263 e. The van der Waals surface area contributed by atoms with Crippen LogP contribution in [0, 0.1) is 12.7 Å². The van der Waals surface area contributed by atoms with E-state index in [9.17, 15) is 17.6 Å². The molecule has 3 aromatic rings. The second-order valence-corrected chi connectivity index (χ2v) is 8.64. The molecule has 0 atom stereocenters. The first-order valence-electron chi connectivity index (χ1n) is 8.32. The zero-order valence-corrected chi connectivity index (χ0v) is 17.4. The summed E-state index contributed by atoms with van der Waals surface area (Å²) in [5.41, 5.74) is 0.973. The molecule has 0 spiro atoms. The fourth-order valence-electron chi connectivity index (χ4n) is 2.58. The zero-order valence-electron chi connectivity index (χ0n) is 15.0. The van der Waals surface area contributed by atoms with Gasteiger partial charge >= 0.3 is 0 Å². The Bertz CT molecular complexity index is 1200. The Balaban J connectivity index is 1.96. The maximum atomic E-state index is 13.8. The molecule has 0 fully saturated rings. The molecule has 5 nitrogen and oxygen atoms in total. The quantitative estimate of drug-likeness (QED) is 0.536. The van der Waals surface area contributed by atoms with E-state index >= 15 is 0 Å². The average Bonchev–Trinajstić information content (AvgIpc) is 2.63. The van der Waals surface area contributed by atoms with E-state index in [0.29, 0.717) is 5.69 Å². The number of amides is 1. The number of hydrogen-bond acceptors (Lipinski definition) is 3. The molecule has 0 aliphatic heterocycles. The minimum Gasteiger partial charge on any atom is -0.319 e. The van der Waals surface area contributed by atoms with Crippen molar-refractivity contribution in [2.75, 3.05) is 10.0 Å². The molecule has 29 heavy (non-hydrogen) atoms. The van der Waals surface area contributed by atoms with Gasteiger partial charge in [-0.2, -0.15) is 0 Å². The molecule has 9 heteroatoms. The average molecular weight is 453 g/mol. The third-order valence-corrected chi connectivity index (χ3v) is 6.11. The molecule has 3 rings (SSSR count). The van der Waals surface area contributed by atoms with Crippen molar-refractivity contribution in [3.8, 4) is 0 Å². The molecular formula is C20H15Cl2FN2O3S. The molecule has 150 valence electrons. The van der Waals surface area contributed by atoms with Crippen LogP contribution in [0.4, 0.5) is 15.8 Å². The number of nitrogens with one attached hydrogen (secondary N) is 2. The van der Waals surface area contributed by atoms with Gasteiger partial charge in [-0.25, -0.2) is 12.8 Å². The van der Waals surface area contributed by atoms with Crippen molar-refractivity contribution >= 4 is 50.5 Å². The number of aryl methyl sites for hydroxylation is 1. The van der Waals surface area contributed by atoms with E-state index in [1.54, 1.807) is 24.3 Å². The van der Waals surface area contributed by atoms with Crippen molar-refractivity contribution in [3.05, 3.63) is 87.7 Å². The van der Waals surface area contributed by atoms with Crippen molar-refractivity contribution in [1.29, 1.82) is 0 Å². The van der Waals surface area contributed by atoms with E-state index in [4.69, 9.17) is 23.2 Å². The molecule has 0 saturated carbocycles. The number of para-hydroxylation sites is 1. The molecule has 1 amide bonds. The van der Waals surface area contributed by atoms with Crippen molar-refractivity contribution in [3.63, 3.8) is 0 Å². The lowest BCUT2D eigenvalue weighted by Crippen LogP contribution is -2.17. The first-order chi connectivity index (χ1) is 13.7. The Morgan fingerprint density at radius 3 is 2.38 bits per heavy atom. The van der Waals surface area contributed by atoms with Crippen LogP contribution in [0.2, 0.25) is 10.0 Å². The van der Waals surface area contributed by atoms with E-state index in [2.05, 4.69) is 10.0 Å². The molecular weight excluding hydrogens is 438 g/mol. The van der Waals surface area contributed by atoms with E-state index < -0.39 is 21.7 Å². The highest BCUT2D eigenvalue weighted by atomic mass is 35.5. The van der Waals surface area contributed by atoms with Gasteiger partial charge in [0.1, 0.15) is 10.7 Å². The van der Waals surface area contributed by atoms with Crippen LogP contribution in [0.15, 0.2) is 65.6 Å². The summed E-state index contributed by atoms with van der Waals surface area (Å²) in [5, 5.41) is 2.14. The van der Waals surface area contributed by atoms with Crippen LogP contribution in [0.1, 0.15) is 15.9 Å². The third kappa shape index (κ3) is 4.87. The Hall–Kier alpha value is -2.61. The number of halogens is 3. The van der Waals surface area contributed by atoms with Crippen molar-refractivity contribution in [2.24, 2.45) is 0 Å².